The molecule has 0 heterocycles. The number of ether oxygens (including phenoxy) is 3. The number of nitrogens with zero attached hydrogens (tertiary/aromatic N) is 1. The Balaban J connectivity index is 1.55. The lowest BCUT2D eigenvalue weighted by Gasteiger charge is -2.13. The number of hydrogen-bond donors (Lipinski definition) is 3. The number of methoxy groups -OCH3 is 1. The molecule has 3 amide bonds. The van der Waals surface area contributed by atoms with Gasteiger partial charge in [0.1, 0.15) is 5.75 Å². The monoisotopic (exact) mass is 504 g/mol. The number of hydrazone groups is 1. The average molecular weight is 505 g/mol. The largest absolute Gasteiger partial charge is 0.497 e. The van der Waals surface area contributed by atoms with E-state index in [2.05, 4.69) is 21.2 Å². The Morgan fingerprint density at radius 3 is 2.38 bits per heavy atom. The minimum Gasteiger partial charge on any atom is -0.497 e. The molecule has 0 aliphatic heterocycles. The molecule has 3 aromatic rings. The van der Waals surface area contributed by atoms with Gasteiger partial charge in [-0.2, -0.15) is 5.10 Å². The Morgan fingerprint density at radius 2 is 1.65 bits per heavy atom. The molecule has 0 aromatic heterocycles. The lowest BCUT2D eigenvalue weighted by atomic mass is 10.2. The fraction of sp³-hybridized carbons (Fsp3) is 0.185. The minimum absolute atomic E-state index is 0.239. The van der Waals surface area contributed by atoms with E-state index < -0.39 is 11.8 Å². The zero-order chi connectivity index (χ0) is 26.6. The molecule has 10 heteroatoms. The number of aryl methyl sites for hydroxylation is 1. The summed E-state index contributed by atoms with van der Waals surface area (Å²) >= 11 is 0. The van der Waals surface area contributed by atoms with Gasteiger partial charge in [-0.15, -0.1) is 0 Å². The molecule has 3 aromatic carbocycles. The van der Waals surface area contributed by atoms with Crippen molar-refractivity contribution in [3.8, 4) is 17.2 Å². The van der Waals surface area contributed by atoms with Crippen LogP contribution in [0.1, 0.15) is 18.1 Å². The van der Waals surface area contributed by atoms with Crippen molar-refractivity contribution in [1.29, 1.82) is 0 Å². The Labute approximate surface area is 214 Å². The van der Waals surface area contributed by atoms with Gasteiger partial charge < -0.3 is 24.8 Å². The van der Waals surface area contributed by atoms with Crippen LogP contribution in [0.4, 0.5) is 11.4 Å². The van der Waals surface area contributed by atoms with Crippen molar-refractivity contribution in [1.82, 2.24) is 5.43 Å². The predicted octanol–water partition coefficient (Wildman–Crippen LogP) is 3.51. The summed E-state index contributed by atoms with van der Waals surface area (Å²) in [6, 6.07) is 18.9. The van der Waals surface area contributed by atoms with Crippen LogP contribution in [0.3, 0.4) is 0 Å². The van der Waals surface area contributed by atoms with E-state index in [1.54, 1.807) is 61.7 Å². The van der Waals surface area contributed by atoms with E-state index in [0.717, 1.165) is 5.56 Å². The van der Waals surface area contributed by atoms with E-state index in [9.17, 15) is 14.4 Å². The quantitative estimate of drug-likeness (QED) is 0.220. The van der Waals surface area contributed by atoms with Crippen LogP contribution in [0, 0.1) is 6.92 Å². The third kappa shape index (κ3) is 8.39. The second kappa shape index (κ2) is 13.3. The smallest absolute Gasteiger partial charge is 0.329 e. The van der Waals surface area contributed by atoms with E-state index in [1.165, 1.54) is 6.21 Å². The predicted molar refractivity (Wildman–Crippen MR) is 140 cm³/mol. The SMILES string of the molecule is CCOc1cc(/C=N\NC(=O)C(=O)Nc2ccc(C)cc2)ccc1OCC(=O)Nc1cccc(OC)c1. The van der Waals surface area contributed by atoms with Crippen molar-refractivity contribution in [2.45, 2.75) is 13.8 Å². The van der Waals surface area contributed by atoms with E-state index in [0.29, 0.717) is 40.8 Å². The van der Waals surface area contributed by atoms with E-state index in [1.807, 2.05) is 26.0 Å². The van der Waals surface area contributed by atoms with Crippen molar-refractivity contribution in [2.75, 3.05) is 31.0 Å². The maximum Gasteiger partial charge on any atom is 0.329 e. The lowest BCUT2D eigenvalue weighted by molar-refractivity contribution is -0.136. The Hall–Kier alpha value is -4.86. The summed E-state index contributed by atoms with van der Waals surface area (Å²) in [5, 5.41) is 9.06. The average Bonchev–Trinajstić information content (AvgIpc) is 2.89. The standard InChI is InChI=1S/C27H28N4O6/c1-4-36-24-14-19(16-28-31-27(34)26(33)30-20-11-8-18(2)9-12-20)10-13-23(24)37-17-25(32)29-21-6-5-7-22(15-21)35-3/h5-16H,4,17H2,1-3H3,(H,29,32)(H,30,33)(H,31,34)/b28-16-. The molecule has 0 aliphatic carbocycles. The van der Waals surface area contributed by atoms with E-state index in [-0.39, 0.29) is 12.5 Å². The summed E-state index contributed by atoms with van der Waals surface area (Å²) in [5.74, 6) is -0.730. The number of carbonyl (C=O) groups excluding carboxylic acids is 3. The molecule has 0 fully saturated rings. The number of anilines is 2. The van der Waals surface area contributed by atoms with Crippen molar-refractivity contribution < 1.29 is 28.6 Å². The van der Waals surface area contributed by atoms with Gasteiger partial charge in [0, 0.05) is 17.4 Å². The van der Waals surface area contributed by atoms with E-state index in [4.69, 9.17) is 14.2 Å². The maximum absolute atomic E-state index is 12.3. The van der Waals surface area contributed by atoms with Crippen molar-refractivity contribution in [3.63, 3.8) is 0 Å². The topological polar surface area (TPSA) is 127 Å². The van der Waals surface area contributed by atoms with Crippen LogP contribution in [0.5, 0.6) is 17.2 Å². The first-order chi connectivity index (χ1) is 17.9. The van der Waals surface area contributed by atoms with E-state index >= 15 is 0 Å². The molecular formula is C27H28N4O6. The summed E-state index contributed by atoms with van der Waals surface area (Å²) in [4.78, 5) is 36.3. The van der Waals surface area contributed by atoms with Gasteiger partial charge in [0.05, 0.1) is 19.9 Å². The van der Waals surface area contributed by atoms with Gasteiger partial charge in [-0.3, -0.25) is 14.4 Å². The molecule has 3 rings (SSSR count). The van der Waals surface area contributed by atoms with Crippen LogP contribution < -0.4 is 30.3 Å². The maximum atomic E-state index is 12.3. The molecule has 0 aliphatic rings. The third-order valence-electron chi connectivity index (χ3n) is 4.88. The Kier molecular flexibility index (Phi) is 9.60. The Morgan fingerprint density at radius 1 is 0.865 bits per heavy atom. The first-order valence-corrected chi connectivity index (χ1v) is 11.4. The zero-order valence-corrected chi connectivity index (χ0v) is 20.7. The summed E-state index contributed by atoms with van der Waals surface area (Å²) in [6.45, 7) is 3.86. The highest BCUT2D eigenvalue weighted by Crippen LogP contribution is 2.28. The van der Waals surface area contributed by atoms with Gasteiger partial charge in [0.25, 0.3) is 5.91 Å². The molecule has 3 N–H and O–H groups in total. The van der Waals surface area contributed by atoms with Crippen LogP contribution in [-0.4, -0.2) is 44.3 Å². The molecule has 0 bridgehead atoms. The Bertz CT molecular complexity index is 1270. The molecule has 0 unspecified atom stereocenters. The van der Waals surface area contributed by atoms with Gasteiger partial charge in [0.2, 0.25) is 0 Å². The highest BCUT2D eigenvalue weighted by atomic mass is 16.5. The first kappa shape index (κ1) is 26.7. The van der Waals surface area contributed by atoms with Crippen LogP contribution >= 0.6 is 0 Å². The minimum atomic E-state index is -0.913. The highest BCUT2D eigenvalue weighted by Gasteiger charge is 2.13. The van der Waals surface area contributed by atoms with Gasteiger partial charge >= 0.3 is 11.8 Å². The van der Waals surface area contributed by atoms with Gasteiger partial charge in [-0.05, 0) is 61.9 Å². The number of rotatable bonds is 10. The normalized spacial score (nSPS) is 10.5. The van der Waals surface area contributed by atoms with Crippen molar-refractivity contribution in [2.24, 2.45) is 5.10 Å². The second-order valence-electron chi connectivity index (χ2n) is 7.73. The fourth-order valence-electron chi connectivity index (χ4n) is 3.07. The highest BCUT2D eigenvalue weighted by molar-refractivity contribution is 6.39. The van der Waals surface area contributed by atoms with Crippen LogP contribution in [0.25, 0.3) is 0 Å². The fourth-order valence-corrected chi connectivity index (χ4v) is 3.07. The summed E-state index contributed by atoms with van der Waals surface area (Å²) in [5.41, 5.74) is 4.88. The van der Waals surface area contributed by atoms with Crippen molar-refractivity contribution >= 4 is 35.3 Å². The molecule has 37 heavy (non-hydrogen) atoms. The summed E-state index contributed by atoms with van der Waals surface area (Å²) < 4.78 is 16.4. The number of benzene rings is 3. The number of nitrogens with one attached hydrogen (secondary N) is 3. The summed E-state index contributed by atoms with van der Waals surface area (Å²) in [7, 11) is 1.55. The number of hydrogen-bond acceptors (Lipinski definition) is 7. The third-order valence-corrected chi connectivity index (χ3v) is 4.88. The number of amides is 3. The lowest BCUT2D eigenvalue weighted by Crippen LogP contribution is -2.32. The molecule has 0 radical (unpaired) electrons. The zero-order valence-electron chi connectivity index (χ0n) is 20.7. The second-order valence-corrected chi connectivity index (χ2v) is 7.73. The molecule has 0 spiro atoms. The van der Waals surface area contributed by atoms with Crippen molar-refractivity contribution in [3.05, 3.63) is 77.9 Å². The number of carbonyl (C=O) groups is 3. The molecular weight excluding hydrogens is 476 g/mol. The molecule has 10 nitrogen and oxygen atoms in total. The molecule has 0 atom stereocenters. The van der Waals surface area contributed by atoms with Crippen LogP contribution in [0.15, 0.2) is 71.8 Å². The molecule has 0 saturated carbocycles. The van der Waals surface area contributed by atoms with Gasteiger partial charge in [-0.1, -0.05) is 23.8 Å². The van der Waals surface area contributed by atoms with Crippen LogP contribution in [0.2, 0.25) is 0 Å². The van der Waals surface area contributed by atoms with Crippen LogP contribution in [-0.2, 0) is 14.4 Å². The molecule has 0 saturated heterocycles. The first-order valence-electron chi connectivity index (χ1n) is 11.4. The summed E-state index contributed by atoms with van der Waals surface area (Å²) in [6.07, 6.45) is 1.36. The van der Waals surface area contributed by atoms with Gasteiger partial charge in [0.15, 0.2) is 18.1 Å². The van der Waals surface area contributed by atoms with Gasteiger partial charge in [-0.25, -0.2) is 5.43 Å². The molecule has 192 valence electrons.